The van der Waals surface area contributed by atoms with Gasteiger partial charge in [0, 0.05) is 17.7 Å². The molecule has 148 valence electrons. The molecule has 0 fully saturated rings. The second kappa shape index (κ2) is 9.64. The Morgan fingerprint density at radius 1 is 1.04 bits per heavy atom. The van der Waals surface area contributed by atoms with E-state index >= 15 is 0 Å². The van der Waals surface area contributed by atoms with Crippen molar-refractivity contribution in [3.05, 3.63) is 71.3 Å². The summed E-state index contributed by atoms with van der Waals surface area (Å²) in [5, 5.41) is 5.13. The van der Waals surface area contributed by atoms with E-state index in [4.69, 9.17) is 4.74 Å². The number of halogens is 2. The van der Waals surface area contributed by atoms with Gasteiger partial charge in [-0.25, -0.2) is 8.78 Å². The summed E-state index contributed by atoms with van der Waals surface area (Å²) in [4.78, 5) is 24.2. The molecular formula is C21H22F2N2O3. The van der Waals surface area contributed by atoms with E-state index < -0.39 is 35.5 Å². The van der Waals surface area contributed by atoms with Crippen molar-refractivity contribution in [1.29, 1.82) is 0 Å². The van der Waals surface area contributed by atoms with Gasteiger partial charge in [0.05, 0.1) is 13.2 Å². The van der Waals surface area contributed by atoms with Crippen LogP contribution >= 0.6 is 0 Å². The van der Waals surface area contributed by atoms with Gasteiger partial charge in [-0.15, -0.1) is 0 Å². The number of nitrogens with one attached hydrogen (secondary N) is 2. The van der Waals surface area contributed by atoms with E-state index in [2.05, 4.69) is 10.6 Å². The van der Waals surface area contributed by atoms with Crippen LogP contribution < -0.4 is 15.4 Å². The van der Waals surface area contributed by atoms with Gasteiger partial charge >= 0.3 is 0 Å². The van der Waals surface area contributed by atoms with Crippen LogP contribution in [0.4, 0.5) is 8.78 Å². The van der Waals surface area contributed by atoms with Gasteiger partial charge in [0.15, 0.2) is 0 Å². The fraction of sp³-hybridized carbons (Fsp3) is 0.238. The Kier molecular flexibility index (Phi) is 7.26. The molecule has 0 bridgehead atoms. The maximum absolute atomic E-state index is 13.8. The van der Waals surface area contributed by atoms with Crippen LogP contribution in [-0.4, -0.2) is 25.0 Å². The van der Waals surface area contributed by atoms with Crippen LogP contribution in [0.15, 0.2) is 48.5 Å². The van der Waals surface area contributed by atoms with Gasteiger partial charge in [0.1, 0.15) is 23.4 Å². The molecule has 2 aromatic rings. The second-order valence-electron chi connectivity index (χ2n) is 6.23. The Morgan fingerprint density at radius 2 is 1.71 bits per heavy atom. The molecule has 0 aliphatic rings. The minimum absolute atomic E-state index is 0.160. The highest BCUT2D eigenvalue weighted by molar-refractivity contribution is 5.95. The third-order valence-electron chi connectivity index (χ3n) is 4.08. The zero-order valence-corrected chi connectivity index (χ0v) is 15.8. The van der Waals surface area contributed by atoms with Crippen molar-refractivity contribution < 1.29 is 23.1 Å². The highest BCUT2D eigenvalue weighted by Crippen LogP contribution is 2.17. The first-order valence-electron chi connectivity index (χ1n) is 8.68. The second-order valence-corrected chi connectivity index (χ2v) is 6.23. The van der Waals surface area contributed by atoms with Crippen LogP contribution in [-0.2, 0) is 9.59 Å². The van der Waals surface area contributed by atoms with Crippen molar-refractivity contribution in [1.82, 2.24) is 10.6 Å². The summed E-state index contributed by atoms with van der Waals surface area (Å²) in [6.45, 7) is 3.09. The number of methoxy groups -OCH3 is 1. The van der Waals surface area contributed by atoms with E-state index in [0.717, 1.165) is 17.7 Å². The first-order chi connectivity index (χ1) is 13.3. The SMILES string of the molecule is COc1ccc(/C=C/C(=O)NC(C)C(=O)NC(C)c2ccc(F)cc2F)cc1. The highest BCUT2D eigenvalue weighted by atomic mass is 19.1. The first-order valence-corrected chi connectivity index (χ1v) is 8.68. The lowest BCUT2D eigenvalue weighted by atomic mass is 10.1. The van der Waals surface area contributed by atoms with Crippen LogP contribution in [0.5, 0.6) is 5.75 Å². The van der Waals surface area contributed by atoms with Crippen LogP contribution in [0.1, 0.15) is 31.0 Å². The molecule has 7 heteroatoms. The molecule has 0 saturated heterocycles. The number of hydrogen-bond acceptors (Lipinski definition) is 3. The van der Waals surface area contributed by atoms with Crippen LogP contribution in [0.25, 0.3) is 6.08 Å². The number of carbonyl (C=O) groups excluding carboxylic acids is 2. The molecule has 0 aliphatic carbocycles. The van der Waals surface area contributed by atoms with Crippen molar-refractivity contribution in [2.75, 3.05) is 7.11 Å². The van der Waals surface area contributed by atoms with Crippen molar-refractivity contribution in [2.45, 2.75) is 25.9 Å². The predicted octanol–water partition coefficient (Wildman–Crippen LogP) is 3.37. The zero-order valence-electron chi connectivity index (χ0n) is 15.8. The molecule has 2 atom stereocenters. The molecule has 0 radical (unpaired) electrons. The van der Waals surface area contributed by atoms with E-state index in [9.17, 15) is 18.4 Å². The molecule has 2 N–H and O–H groups in total. The Morgan fingerprint density at radius 3 is 2.32 bits per heavy atom. The van der Waals surface area contributed by atoms with Gasteiger partial charge in [-0.05, 0) is 43.7 Å². The van der Waals surface area contributed by atoms with Crippen molar-refractivity contribution in [3.63, 3.8) is 0 Å². The van der Waals surface area contributed by atoms with Crippen LogP contribution in [0.3, 0.4) is 0 Å². The summed E-state index contributed by atoms with van der Waals surface area (Å²) < 4.78 is 31.8. The topological polar surface area (TPSA) is 67.4 Å². The van der Waals surface area contributed by atoms with E-state index in [1.807, 2.05) is 0 Å². The Balaban J connectivity index is 1.89. The average Bonchev–Trinajstić information content (AvgIpc) is 2.66. The van der Waals surface area contributed by atoms with Crippen molar-refractivity contribution in [3.8, 4) is 5.75 Å². The van der Waals surface area contributed by atoms with E-state index in [0.29, 0.717) is 5.75 Å². The molecule has 0 aliphatic heterocycles. The minimum atomic E-state index is -0.834. The summed E-state index contributed by atoms with van der Waals surface area (Å²) >= 11 is 0. The zero-order chi connectivity index (χ0) is 20.7. The molecule has 2 amide bonds. The van der Waals surface area contributed by atoms with Gasteiger partial charge in [-0.2, -0.15) is 0 Å². The summed E-state index contributed by atoms with van der Waals surface area (Å²) in [6, 6.07) is 8.75. The van der Waals surface area contributed by atoms with Gasteiger partial charge in [0.2, 0.25) is 11.8 Å². The molecule has 0 heterocycles. The van der Waals surface area contributed by atoms with Gasteiger partial charge < -0.3 is 15.4 Å². The number of rotatable bonds is 7. The summed E-state index contributed by atoms with van der Waals surface area (Å²) in [6.07, 6.45) is 2.92. The lowest BCUT2D eigenvalue weighted by Gasteiger charge is -2.19. The number of ether oxygens (including phenoxy) is 1. The molecule has 0 aromatic heterocycles. The van der Waals surface area contributed by atoms with E-state index in [1.54, 1.807) is 44.4 Å². The third kappa shape index (κ3) is 5.90. The maximum Gasteiger partial charge on any atom is 0.244 e. The third-order valence-corrected chi connectivity index (χ3v) is 4.08. The fourth-order valence-electron chi connectivity index (χ4n) is 2.48. The monoisotopic (exact) mass is 388 g/mol. The van der Waals surface area contributed by atoms with Crippen molar-refractivity contribution >= 4 is 17.9 Å². The number of hydrogen-bond donors (Lipinski definition) is 2. The Hall–Kier alpha value is -3.22. The summed E-state index contributed by atoms with van der Waals surface area (Å²) in [5.74, 6) is -1.66. The molecular weight excluding hydrogens is 366 g/mol. The lowest BCUT2D eigenvalue weighted by Crippen LogP contribution is -2.45. The van der Waals surface area contributed by atoms with Gasteiger partial charge in [-0.1, -0.05) is 18.2 Å². The molecule has 0 spiro atoms. The molecule has 2 rings (SSSR count). The Labute approximate surface area is 162 Å². The fourth-order valence-corrected chi connectivity index (χ4v) is 2.48. The van der Waals surface area contributed by atoms with Crippen LogP contribution in [0.2, 0.25) is 0 Å². The summed E-state index contributed by atoms with van der Waals surface area (Å²) in [5.41, 5.74) is 0.959. The predicted molar refractivity (Wildman–Crippen MR) is 103 cm³/mol. The Bertz CT molecular complexity index is 866. The van der Waals surface area contributed by atoms with E-state index in [1.165, 1.54) is 19.1 Å². The normalized spacial score (nSPS) is 13.0. The standard InChI is InChI=1S/C21H22F2N2O3/c1-13(18-10-7-16(22)12-19(18)23)25-21(27)14(2)24-20(26)11-6-15-4-8-17(28-3)9-5-15/h4-14H,1-3H3,(H,24,26)(H,25,27)/b11-6+. The number of amides is 2. The molecule has 5 nitrogen and oxygen atoms in total. The number of benzene rings is 2. The minimum Gasteiger partial charge on any atom is -0.497 e. The quantitative estimate of drug-likeness (QED) is 0.715. The maximum atomic E-state index is 13.8. The lowest BCUT2D eigenvalue weighted by molar-refractivity contribution is -0.127. The van der Waals surface area contributed by atoms with Gasteiger partial charge in [0.25, 0.3) is 0 Å². The first kappa shape index (κ1) is 21.1. The summed E-state index contributed by atoms with van der Waals surface area (Å²) in [7, 11) is 1.57. The smallest absolute Gasteiger partial charge is 0.244 e. The largest absolute Gasteiger partial charge is 0.497 e. The molecule has 2 aromatic carbocycles. The highest BCUT2D eigenvalue weighted by Gasteiger charge is 2.19. The van der Waals surface area contributed by atoms with E-state index in [-0.39, 0.29) is 5.56 Å². The van der Waals surface area contributed by atoms with Crippen LogP contribution in [0, 0.1) is 11.6 Å². The molecule has 0 saturated carbocycles. The van der Waals surface area contributed by atoms with Gasteiger partial charge in [-0.3, -0.25) is 9.59 Å². The molecule has 28 heavy (non-hydrogen) atoms. The number of carbonyl (C=O) groups is 2. The van der Waals surface area contributed by atoms with Crippen molar-refractivity contribution in [2.24, 2.45) is 0 Å². The average molecular weight is 388 g/mol. The molecule has 2 unspecified atom stereocenters.